The van der Waals surface area contributed by atoms with E-state index in [1.807, 2.05) is 0 Å². The molecule has 6 nitrogen and oxygen atoms in total. The normalized spacial score (nSPS) is 10.7. The van der Waals surface area contributed by atoms with E-state index in [1.165, 1.54) is 24.3 Å². The minimum absolute atomic E-state index is 0.0568. The Morgan fingerprint density at radius 3 is 2.46 bits per heavy atom. The highest BCUT2D eigenvalue weighted by Crippen LogP contribution is 2.30. The minimum atomic E-state index is -4.51. The fraction of sp³-hybridized carbons (Fsp3) is 0.133. The summed E-state index contributed by atoms with van der Waals surface area (Å²) >= 11 is 0. The van der Waals surface area contributed by atoms with Gasteiger partial charge in [-0.15, -0.1) is 0 Å². The van der Waals surface area contributed by atoms with E-state index >= 15 is 0 Å². The lowest BCUT2D eigenvalue weighted by Crippen LogP contribution is -2.19. The van der Waals surface area contributed by atoms with Crippen molar-refractivity contribution in [1.29, 1.82) is 10.5 Å². The summed E-state index contributed by atoms with van der Waals surface area (Å²) in [4.78, 5) is 14.0. The zero-order valence-corrected chi connectivity index (χ0v) is 11.9. The number of nitrogens with one attached hydrogen (secondary N) is 1. The molecule has 0 amide bonds. The van der Waals surface area contributed by atoms with Crippen LogP contribution in [0.15, 0.2) is 29.1 Å². The number of H-pyrrole nitrogens is 1. The Hall–Kier alpha value is -3.46. The Morgan fingerprint density at radius 2 is 1.88 bits per heavy atom. The maximum atomic E-state index is 12.2. The highest BCUT2D eigenvalue weighted by Gasteiger charge is 2.28. The van der Waals surface area contributed by atoms with Gasteiger partial charge in [-0.05, 0) is 17.7 Å². The van der Waals surface area contributed by atoms with Crippen LogP contribution in [0.2, 0.25) is 0 Å². The van der Waals surface area contributed by atoms with Crippen LogP contribution in [0.1, 0.15) is 11.1 Å². The van der Waals surface area contributed by atoms with Crippen LogP contribution in [0.25, 0.3) is 11.1 Å². The lowest BCUT2D eigenvalue weighted by Gasteiger charge is -2.12. The van der Waals surface area contributed by atoms with Gasteiger partial charge in [-0.2, -0.15) is 23.7 Å². The number of hydrogen-bond donors (Lipinski definition) is 2. The first kappa shape index (κ1) is 16.9. The van der Waals surface area contributed by atoms with Gasteiger partial charge in [0, 0.05) is 5.56 Å². The number of halogens is 3. The molecule has 0 radical (unpaired) electrons. The van der Waals surface area contributed by atoms with Gasteiger partial charge in [0.05, 0.1) is 0 Å². The van der Waals surface area contributed by atoms with Crippen LogP contribution in [-0.4, -0.2) is 17.8 Å². The molecule has 0 saturated heterocycles. The molecule has 0 aliphatic rings. The molecule has 1 heterocycles. The van der Waals surface area contributed by atoms with E-state index in [1.54, 1.807) is 12.1 Å². The molecule has 24 heavy (non-hydrogen) atoms. The monoisotopic (exact) mass is 334 g/mol. The molecule has 2 aromatic rings. The predicted octanol–water partition coefficient (Wildman–Crippen LogP) is 2.31. The molecule has 1 aromatic heterocycles. The highest BCUT2D eigenvalue weighted by atomic mass is 19.4. The van der Waals surface area contributed by atoms with Crippen molar-refractivity contribution in [2.75, 3.05) is 12.3 Å². The molecule has 0 unspecified atom stereocenters. The molecule has 0 atom stereocenters. The average Bonchev–Trinajstić information content (AvgIpc) is 2.52. The van der Waals surface area contributed by atoms with Crippen molar-refractivity contribution in [3.63, 3.8) is 0 Å². The van der Waals surface area contributed by atoms with Gasteiger partial charge < -0.3 is 15.5 Å². The Morgan fingerprint density at radius 1 is 1.21 bits per heavy atom. The standard InChI is InChI=1S/C15H9F3N4O2/c16-15(17,18)7-24-9-3-1-2-8(4-9)12-10(5-19)13(21)22-14(23)11(12)6-20/h1-4H,7H2,(H3,21,22,23). The number of alkyl halides is 3. The average molecular weight is 334 g/mol. The number of benzene rings is 1. The smallest absolute Gasteiger partial charge is 0.422 e. The summed E-state index contributed by atoms with van der Waals surface area (Å²) in [6.07, 6.45) is -4.51. The first-order valence-corrected chi connectivity index (χ1v) is 6.42. The topological polar surface area (TPSA) is 116 Å². The quantitative estimate of drug-likeness (QED) is 0.893. The molecule has 0 spiro atoms. The molecular formula is C15H9F3N4O2. The molecule has 0 fully saturated rings. The number of nitriles is 2. The number of rotatable bonds is 3. The molecule has 0 bridgehead atoms. The number of nitrogen functional groups attached to an aromatic ring is 1. The van der Waals surface area contributed by atoms with Crippen LogP contribution >= 0.6 is 0 Å². The number of aromatic amines is 1. The second-order valence-electron chi connectivity index (χ2n) is 4.65. The molecule has 0 aliphatic heterocycles. The number of anilines is 1. The zero-order chi connectivity index (χ0) is 17.9. The molecule has 122 valence electrons. The van der Waals surface area contributed by atoms with E-state index in [2.05, 4.69) is 9.72 Å². The summed E-state index contributed by atoms with van der Waals surface area (Å²) in [5.41, 5.74) is 4.37. The van der Waals surface area contributed by atoms with E-state index in [4.69, 9.17) is 11.0 Å². The van der Waals surface area contributed by atoms with Crippen molar-refractivity contribution in [1.82, 2.24) is 4.98 Å². The summed E-state index contributed by atoms with van der Waals surface area (Å²) in [7, 11) is 0. The van der Waals surface area contributed by atoms with Crippen LogP contribution in [0.3, 0.4) is 0 Å². The minimum Gasteiger partial charge on any atom is -0.484 e. The molecule has 1 aromatic carbocycles. The van der Waals surface area contributed by atoms with Crippen molar-refractivity contribution in [3.05, 3.63) is 45.7 Å². The van der Waals surface area contributed by atoms with Crippen LogP contribution in [0, 0.1) is 22.7 Å². The molecule has 2 rings (SSSR count). The zero-order valence-electron chi connectivity index (χ0n) is 11.9. The first-order valence-electron chi connectivity index (χ1n) is 6.42. The van der Waals surface area contributed by atoms with Gasteiger partial charge in [-0.1, -0.05) is 12.1 Å². The Bertz CT molecular complexity index is 920. The van der Waals surface area contributed by atoms with Crippen molar-refractivity contribution in [2.45, 2.75) is 6.18 Å². The fourth-order valence-corrected chi connectivity index (χ4v) is 2.04. The number of hydrogen-bond acceptors (Lipinski definition) is 5. The number of ether oxygens (including phenoxy) is 1. The van der Waals surface area contributed by atoms with Crippen LogP contribution in [0.4, 0.5) is 19.0 Å². The van der Waals surface area contributed by atoms with E-state index in [0.717, 1.165) is 0 Å². The van der Waals surface area contributed by atoms with E-state index in [0.29, 0.717) is 0 Å². The Balaban J connectivity index is 2.60. The van der Waals surface area contributed by atoms with Crippen molar-refractivity contribution in [2.24, 2.45) is 0 Å². The van der Waals surface area contributed by atoms with Gasteiger partial charge in [0.1, 0.15) is 34.8 Å². The van der Waals surface area contributed by atoms with Gasteiger partial charge in [0.15, 0.2) is 6.61 Å². The van der Waals surface area contributed by atoms with Gasteiger partial charge in [-0.3, -0.25) is 4.79 Å². The van der Waals surface area contributed by atoms with Crippen molar-refractivity contribution in [3.8, 4) is 29.0 Å². The number of pyridine rings is 1. The van der Waals surface area contributed by atoms with E-state index in [9.17, 15) is 23.2 Å². The molecular weight excluding hydrogens is 325 g/mol. The van der Waals surface area contributed by atoms with E-state index in [-0.39, 0.29) is 33.8 Å². The van der Waals surface area contributed by atoms with E-state index < -0.39 is 18.3 Å². The van der Waals surface area contributed by atoms with Crippen molar-refractivity contribution < 1.29 is 17.9 Å². The fourth-order valence-electron chi connectivity index (χ4n) is 2.04. The van der Waals surface area contributed by atoms with Crippen LogP contribution < -0.4 is 16.0 Å². The lowest BCUT2D eigenvalue weighted by atomic mass is 9.96. The van der Waals surface area contributed by atoms with Crippen LogP contribution in [0.5, 0.6) is 5.75 Å². The maximum Gasteiger partial charge on any atom is 0.422 e. The second-order valence-corrected chi connectivity index (χ2v) is 4.65. The van der Waals surface area contributed by atoms with Gasteiger partial charge >= 0.3 is 6.18 Å². The summed E-state index contributed by atoms with van der Waals surface area (Å²) in [5.74, 6) is -0.366. The van der Waals surface area contributed by atoms with Crippen molar-refractivity contribution >= 4 is 5.82 Å². The van der Waals surface area contributed by atoms with Gasteiger partial charge in [0.2, 0.25) is 0 Å². The largest absolute Gasteiger partial charge is 0.484 e. The summed E-state index contributed by atoms with van der Waals surface area (Å²) < 4.78 is 41.3. The summed E-state index contributed by atoms with van der Waals surface area (Å²) in [6, 6.07) is 8.72. The third kappa shape index (κ3) is 3.47. The Labute approximate surface area is 133 Å². The number of aromatic nitrogens is 1. The third-order valence-electron chi connectivity index (χ3n) is 2.99. The lowest BCUT2D eigenvalue weighted by molar-refractivity contribution is -0.153. The van der Waals surface area contributed by atoms with Gasteiger partial charge in [0.25, 0.3) is 5.56 Å². The Kier molecular flexibility index (Phi) is 4.47. The number of nitrogens with two attached hydrogens (primary N) is 1. The molecule has 9 heteroatoms. The molecule has 0 saturated carbocycles. The highest BCUT2D eigenvalue weighted by molar-refractivity contribution is 5.80. The number of nitrogens with zero attached hydrogens (tertiary/aromatic N) is 2. The van der Waals surface area contributed by atoms with Gasteiger partial charge in [-0.25, -0.2) is 0 Å². The molecule has 0 aliphatic carbocycles. The second kappa shape index (κ2) is 6.34. The third-order valence-corrected chi connectivity index (χ3v) is 2.99. The summed E-state index contributed by atoms with van der Waals surface area (Å²) in [6.45, 7) is -1.50. The van der Waals surface area contributed by atoms with Crippen LogP contribution in [-0.2, 0) is 0 Å². The molecule has 3 N–H and O–H groups in total. The SMILES string of the molecule is N#Cc1c(N)[nH]c(=O)c(C#N)c1-c1cccc(OCC(F)(F)F)c1. The first-order chi connectivity index (χ1) is 11.3. The predicted molar refractivity (Wildman–Crippen MR) is 77.9 cm³/mol. The maximum absolute atomic E-state index is 12.2. The summed E-state index contributed by atoms with van der Waals surface area (Å²) in [5, 5.41) is 18.4.